The van der Waals surface area contributed by atoms with Crippen LogP contribution < -0.4 is 5.73 Å². The molecule has 18 heavy (non-hydrogen) atoms. The largest absolute Gasteiger partial charge is 0.340 e. The van der Waals surface area contributed by atoms with Crippen molar-refractivity contribution < 1.29 is 4.79 Å². The molecule has 0 spiro atoms. The summed E-state index contributed by atoms with van der Waals surface area (Å²) in [5, 5.41) is 0. The van der Waals surface area contributed by atoms with Crippen LogP contribution in [0.2, 0.25) is 0 Å². The zero-order valence-corrected chi connectivity index (χ0v) is 13.2. The van der Waals surface area contributed by atoms with Crippen molar-refractivity contribution in [3.63, 3.8) is 0 Å². The topological polar surface area (TPSA) is 46.3 Å². The van der Waals surface area contributed by atoms with Crippen LogP contribution in [0.1, 0.15) is 66.7 Å². The molecule has 3 heteroatoms. The lowest BCUT2D eigenvalue weighted by molar-refractivity contribution is -0.146. The summed E-state index contributed by atoms with van der Waals surface area (Å²) in [7, 11) is 1.92. The minimum Gasteiger partial charge on any atom is -0.340 e. The van der Waals surface area contributed by atoms with Crippen LogP contribution in [0, 0.1) is 5.41 Å². The SMILES string of the molecule is CCCC(CN)(CCC)C(=O)N(C)C(C)(C)CC. The van der Waals surface area contributed by atoms with Crippen LogP contribution in [-0.4, -0.2) is 29.9 Å². The lowest BCUT2D eigenvalue weighted by atomic mass is 9.77. The van der Waals surface area contributed by atoms with Gasteiger partial charge in [0.1, 0.15) is 0 Å². The molecular formula is C15H32N2O. The van der Waals surface area contributed by atoms with Crippen LogP contribution in [-0.2, 0) is 4.79 Å². The molecule has 2 N–H and O–H groups in total. The molecule has 0 saturated heterocycles. The predicted molar refractivity (Wildman–Crippen MR) is 78.4 cm³/mol. The van der Waals surface area contributed by atoms with E-state index in [1.54, 1.807) is 0 Å². The van der Waals surface area contributed by atoms with Gasteiger partial charge in [0, 0.05) is 19.1 Å². The highest BCUT2D eigenvalue weighted by Crippen LogP contribution is 2.33. The van der Waals surface area contributed by atoms with Crippen molar-refractivity contribution in [2.24, 2.45) is 11.1 Å². The van der Waals surface area contributed by atoms with Crippen molar-refractivity contribution in [2.75, 3.05) is 13.6 Å². The van der Waals surface area contributed by atoms with E-state index in [2.05, 4.69) is 34.6 Å². The highest BCUT2D eigenvalue weighted by Gasteiger charge is 2.40. The van der Waals surface area contributed by atoms with Gasteiger partial charge in [-0.05, 0) is 33.1 Å². The summed E-state index contributed by atoms with van der Waals surface area (Å²) >= 11 is 0. The molecule has 0 unspecified atom stereocenters. The number of hydrogen-bond acceptors (Lipinski definition) is 2. The third kappa shape index (κ3) is 3.71. The molecule has 0 aromatic heterocycles. The fourth-order valence-corrected chi connectivity index (χ4v) is 2.46. The number of amides is 1. The van der Waals surface area contributed by atoms with E-state index in [1.807, 2.05) is 11.9 Å². The molecule has 0 aromatic carbocycles. The second-order valence-electron chi connectivity index (χ2n) is 6.01. The molecule has 0 radical (unpaired) electrons. The van der Waals surface area contributed by atoms with Crippen molar-refractivity contribution in [3.8, 4) is 0 Å². The van der Waals surface area contributed by atoms with Gasteiger partial charge in [0.2, 0.25) is 5.91 Å². The van der Waals surface area contributed by atoms with E-state index >= 15 is 0 Å². The Hall–Kier alpha value is -0.570. The fraction of sp³-hybridized carbons (Fsp3) is 0.933. The minimum atomic E-state index is -0.356. The second-order valence-corrected chi connectivity index (χ2v) is 6.01. The average Bonchev–Trinajstić information content (AvgIpc) is 2.36. The van der Waals surface area contributed by atoms with E-state index in [9.17, 15) is 4.79 Å². The third-order valence-corrected chi connectivity index (χ3v) is 4.38. The first-order valence-corrected chi connectivity index (χ1v) is 7.29. The number of nitrogens with two attached hydrogens (primary N) is 1. The molecule has 0 aromatic rings. The molecule has 108 valence electrons. The van der Waals surface area contributed by atoms with E-state index in [0.717, 1.165) is 32.1 Å². The number of nitrogens with zero attached hydrogens (tertiary/aromatic N) is 1. The van der Waals surface area contributed by atoms with E-state index in [-0.39, 0.29) is 16.9 Å². The van der Waals surface area contributed by atoms with Crippen LogP contribution >= 0.6 is 0 Å². The van der Waals surface area contributed by atoms with Crippen LogP contribution in [0.4, 0.5) is 0 Å². The van der Waals surface area contributed by atoms with E-state index in [1.165, 1.54) is 0 Å². The molecule has 0 fully saturated rings. The lowest BCUT2D eigenvalue weighted by Gasteiger charge is -2.42. The number of carbonyl (C=O) groups is 1. The Bertz CT molecular complexity index is 255. The van der Waals surface area contributed by atoms with Gasteiger partial charge in [0.05, 0.1) is 5.41 Å². The quantitative estimate of drug-likeness (QED) is 0.725. The van der Waals surface area contributed by atoms with Crippen molar-refractivity contribution in [1.29, 1.82) is 0 Å². The van der Waals surface area contributed by atoms with Crippen LogP contribution in [0.15, 0.2) is 0 Å². The van der Waals surface area contributed by atoms with Gasteiger partial charge in [-0.3, -0.25) is 4.79 Å². The van der Waals surface area contributed by atoms with E-state index in [0.29, 0.717) is 6.54 Å². The highest BCUT2D eigenvalue weighted by molar-refractivity contribution is 5.83. The van der Waals surface area contributed by atoms with Crippen LogP contribution in [0.5, 0.6) is 0 Å². The Morgan fingerprint density at radius 2 is 1.56 bits per heavy atom. The van der Waals surface area contributed by atoms with Gasteiger partial charge in [0.25, 0.3) is 0 Å². The van der Waals surface area contributed by atoms with Crippen molar-refractivity contribution >= 4 is 5.91 Å². The Kier molecular flexibility index (Phi) is 6.90. The molecule has 0 aliphatic heterocycles. The third-order valence-electron chi connectivity index (χ3n) is 4.38. The zero-order chi connectivity index (χ0) is 14.4. The fourth-order valence-electron chi connectivity index (χ4n) is 2.46. The lowest BCUT2D eigenvalue weighted by Crippen LogP contribution is -2.53. The molecule has 0 aliphatic carbocycles. The molecule has 3 nitrogen and oxygen atoms in total. The summed E-state index contributed by atoms with van der Waals surface area (Å²) < 4.78 is 0. The van der Waals surface area contributed by atoms with Gasteiger partial charge < -0.3 is 10.6 Å². The van der Waals surface area contributed by atoms with Crippen LogP contribution in [0.3, 0.4) is 0 Å². The molecule has 0 saturated carbocycles. The smallest absolute Gasteiger partial charge is 0.230 e. The zero-order valence-electron chi connectivity index (χ0n) is 13.2. The number of rotatable bonds is 8. The molecule has 1 amide bonds. The van der Waals surface area contributed by atoms with E-state index < -0.39 is 0 Å². The normalized spacial score (nSPS) is 12.6. The Morgan fingerprint density at radius 1 is 1.11 bits per heavy atom. The summed E-state index contributed by atoms with van der Waals surface area (Å²) in [6, 6.07) is 0. The maximum Gasteiger partial charge on any atom is 0.230 e. The maximum atomic E-state index is 12.8. The van der Waals surface area contributed by atoms with Crippen molar-refractivity contribution in [1.82, 2.24) is 4.90 Å². The average molecular weight is 256 g/mol. The van der Waals surface area contributed by atoms with Crippen molar-refractivity contribution in [3.05, 3.63) is 0 Å². The predicted octanol–water partition coefficient (Wildman–Crippen LogP) is 3.18. The summed E-state index contributed by atoms with van der Waals surface area (Å²) in [5.41, 5.74) is 5.50. The monoisotopic (exact) mass is 256 g/mol. The number of carbonyl (C=O) groups excluding carboxylic acids is 1. The minimum absolute atomic E-state index is 0.0982. The van der Waals surface area contributed by atoms with Gasteiger partial charge in [-0.15, -0.1) is 0 Å². The van der Waals surface area contributed by atoms with Gasteiger partial charge in [-0.25, -0.2) is 0 Å². The maximum absolute atomic E-state index is 12.8. The van der Waals surface area contributed by atoms with Crippen molar-refractivity contribution in [2.45, 2.75) is 72.3 Å². The Balaban J connectivity index is 5.17. The van der Waals surface area contributed by atoms with Gasteiger partial charge >= 0.3 is 0 Å². The summed E-state index contributed by atoms with van der Waals surface area (Å²) in [6.45, 7) is 11.1. The van der Waals surface area contributed by atoms with Crippen LogP contribution in [0.25, 0.3) is 0 Å². The first kappa shape index (κ1) is 17.4. The molecule has 0 atom stereocenters. The Morgan fingerprint density at radius 3 is 1.83 bits per heavy atom. The molecule has 0 aliphatic rings. The Labute approximate surface area is 113 Å². The highest BCUT2D eigenvalue weighted by atomic mass is 16.2. The second kappa shape index (κ2) is 7.13. The summed E-state index contributed by atoms with van der Waals surface area (Å²) in [4.78, 5) is 14.7. The van der Waals surface area contributed by atoms with E-state index in [4.69, 9.17) is 5.73 Å². The molecule has 0 rings (SSSR count). The van der Waals surface area contributed by atoms with Gasteiger partial charge in [-0.2, -0.15) is 0 Å². The molecule has 0 bridgehead atoms. The van der Waals surface area contributed by atoms with Gasteiger partial charge in [0.15, 0.2) is 0 Å². The first-order chi connectivity index (χ1) is 8.31. The van der Waals surface area contributed by atoms with Gasteiger partial charge in [-0.1, -0.05) is 33.6 Å². The first-order valence-electron chi connectivity index (χ1n) is 7.29. The molecular weight excluding hydrogens is 224 g/mol. The summed E-state index contributed by atoms with van der Waals surface area (Å²) in [5.74, 6) is 0.223. The number of hydrogen-bond donors (Lipinski definition) is 1. The standard InChI is InChI=1S/C15H32N2O/c1-7-10-15(12-16,11-8-2)13(18)17(6)14(4,5)9-3/h7-12,16H2,1-6H3. The molecule has 0 heterocycles. The summed E-state index contributed by atoms with van der Waals surface area (Å²) in [6.07, 6.45) is 4.74.